The van der Waals surface area contributed by atoms with Gasteiger partial charge in [-0.15, -0.1) is 0 Å². The van der Waals surface area contributed by atoms with Gasteiger partial charge in [0.15, 0.2) is 0 Å². The molecule has 1 aliphatic heterocycles. The maximum atomic E-state index is 12.1. The molecule has 5 nitrogen and oxygen atoms in total. The first-order chi connectivity index (χ1) is 8.68. The number of hydrogen-bond acceptors (Lipinski definition) is 4. The number of hydrogen-bond donors (Lipinski definition) is 1. The number of pyridine rings is 1. The van der Waals surface area contributed by atoms with E-state index in [1.807, 2.05) is 24.9 Å². The van der Waals surface area contributed by atoms with E-state index in [2.05, 4.69) is 15.4 Å². The van der Waals surface area contributed by atoms with Gasteiger partial charge in [-0.2, -0.15) is 5.10 Å². The van der Waals surface area contributed by atoms with Crippen LogP contribution in [0.25, 0.3) is 10.9 Å². The van der Waals surface area contributed by atoms with Crippen LogP contribution in [0, 0.1) is 6.92 Å². The van der Waals surface area contributed by atoms with Gasteiger partial charge in [0, 0.05) is 49.9 Å². The second-order valence-electron chi connectivity index (χ2n) is 4.81. The molecule has 0 aromatic carbocycles. The third-order valence-corrected chi connectivity index (χ3v) is 3.62. The van der Waals surface area contributed by atoms with Crippen molar-refractivity contribution in [2.45, 2.75) is 19.3 Å². The molecule has 2 aromatic rings. The summed E-state index contributed by atoms with van der Waals surface area (Å²) >= 11 is 0. The van der Waals surface area contributed by atoms with Gasteiger partial charge in [0.1, 0.15) is 5.78 Å². The molecule has 94 valence electrons. The summed E-state index contributed by atoms with van der Waals surface area (Å²) in [6, 6.07) is 0. The second kappa shape index (κ2) is 4.17. The van der Waals surface area contributed by atoms with Crippen LogP contribution in [0.1, 0.15) is 23.6 Å². The van der Waals surface area contributed by atoms with Crippen molar-refractivity contribution in [3.8, 4) is 0 Å². The minimum absolute atomic E-state index is 0.0928. The molecule has 1 aliphatic rings. The Morgan fingerprint density at radius 1 is 1.44 bits per heavy atom. The Labute approximate surface area is 105 Å². The Bertz CT molecular complexity index is 617. The van der Waals surface area contributed by atoms with Crippen molar-refractivity contribution in [1.29, 1.82) is 0 Å². The van der Waals surface area contributed by atoms with Crippen LogP contribution >= 0.6 is 0 Å². The van der Waals surface area contributed by atoms with E-state index in [4.69, 9.17) is 0 Å². The topological polar surface area (TPSA) is 59.8 Å². The van der Waals surface area contributed by atoms with Gasteiger partial charge in [-0.25, -0.2) is 0 Å². The predicted octanol–water partition coefficient (Wildman–Crippen LogP) is 0.923. The van der Waals surface area contributed by atoms with E-state index in [9.17, 15) is 4.79 Å². The van der Waals surface area contributed by atoms with Crippen LogP contribution in [0.2, 0.25) is 0 Å². The lowest BCUT2D eigenvalue weighted by atomic mass is 9.90. The monoisotopic (exact) mass is 244 g/mol. The lowest BCUT2D eigenvalue weighted by Crippen LogP contribution is -2.35. The SMILES string of the molecule is Cc1nn(C)c2c(C3CNCCC3=O)cncc12. The summed E-state index contributed by atoms with van der Waals surface area (Å²) in [6.07, 6.45) is 4.22. The normalized spacial score (nSPS) is 20.6. The van der Waals surface area contributed by atoms with Gasteiger partial charge in [-0.3, -0.25) is 14.5 Å². The number of aryl methyl sites for hydroxylation is 2. The van der Waals surface area contributed by atoms with Crippen molar-refractivity contribution in [3.63, 3.8) is 0 Å². The number of fused-ring (bicyclic) bond motifs is 1. The van der Waals surface area contributed by atoms with E-state index >= 15 is 0 Å². The lowest BCUT2D eigenvalue weighted by molar-refractivity contribution is -0.121. The number of rotatable bonds is 1. The van der Waals surface area contributed by atoms with E-state index in [0.717, 1.165) is 28.7 Å². The van der Waals surface area contributed by atoms with E-state index in [1.165, 1.54) is 0 Å². The molecule has 5 heteroatoms. The van der Waals surface area contributed by atoms with Gasteiger partial charge in [0.05, 0.1) is 17.1 Å². The Kier molecular flexibility index (Phi) is 2.63. The largest absolute Gasteiger partial charge is 0.315 e. The molecule has 1 N–H and O–H groups in total. The molecule has 0 bridgehead atoms. The zero-order chi connectivity index (χ0) is 12.7. The van der Waals surface area contributed by atoms with E-state index in [0.29, 0.717) is 18.7 Å². The van der Waals surface area contributed by atoms with Crippen molar-refractivity contribution < 1.29 is 4.79 Å². The summed E-state index contributed by atoms with van der Waals surface area (Å²) in [5, 5.41) is 8.73. The van der Waals surface area contributed by atoms with Crippen LogP contribution in [-0.2, 0) is 11.8 Å². The quantitative estimate of drug-likeness (QED) is 0.810. The third kappa shape index (κ3) is 1.62. The molecule has 2 aromatic heterocycles. The second-order valence-corrected chi connectivity index (χ2v) is 4.81. The van der Waals surface area contributed by atoms with Crippen LogP contribution in [0.4, 0.5) is 0 Å². The highest BCUT2D eigenvalue weighted by Gasteiger charge is 2.27. The fraction of sp³-hybridized carbons (Fsp3) is 0.462. The van der Waals surface area contributed by atoms with Crippen LogP contribution in [0.3, 0.4) is 0 Å². The van der Waals surface area contributed by atoms with Gasteiger partial charge in [-0.1, -0.05) is 0 Å². The molecule has 1 saturated heterocycles. The van der Waals surface area contributed by atoms with Crippen LogP contribution < -0.4 is 5.32 Å². The number of Topliss-reactive ketones (excluding diaryl/α,β-unsaturated/α-hetero) is 1. The predicted molar refractivity (Wildman–Crippen MR) is 68.5 cm³/mol. The summed E-state index contributed by atoms with van der Waals surface area (Å²) in [4.78, 5) is 16.3. The number of carbonyl (C=O) groups is 1. The molecule has 1 fully saturated rings. The molecular formula is C13H16N4O. The van der Waals surface area contributed by atoms with E-state index in [-0.39, 0.29) is 5.92 Å². The van der Waals surface area contributed by atoms with Crippen molar-refractivity contribution in [1.82, 2.24) is 20.1 Å². The molecule has 0 amide bonds. The van der Waals surface area contributed by atoms with Crippen LogP contribution in [-0.4, -0.2) is 33.6 Å². The number of carbonyl (C=O) groups excluding carboxylic acids is 1. The Morgan fingerprint density at radius 3 is 3.06 bits per heavy atom. The van der Waals surface area contributed by atoms with Crippen LogP contribution in [0.5, 0.6) is 0 Å². The lowest BCUT2D eigenvalue weighted by Gasteiger charge is -2.22. The molecule has 0 saturated carbocycles. The molecule has 0 spiro atoms. The van der Waals surface area contributed by atoms with Gasteiger partial charge in [0.25, 0.3) is 0 Å². The first-order valence-electron chi connectivity index (χ1n) is 6.19. The highest BCUT2D eigenvalue weighted by Crippen LogP contribution is 2.28. The first kappa shape index (κ1) is 11.3. The number of nitrogens with zero attached hydrogens (tertiary/aromatic N) is 3. The highest BCUT2D eigenvalue weighted by atomic mass is 16.1. The average Bonchev–Trinajstić information content (AvgIpc) is 2.66. The molecule has 1 unspecified atom stereocenters. The molecule has 18 heavy (non-hydrogen) atoms. The van der Waals surface area contributed by atoms with Crippen molar-refractivity contribution in [2.75, 3.05) is 13.1 Å². The van der Waals surface area contributed by atoms with Crippen molar-refractivity contribution >= 4 is 16.7 Å². The molecule has 1 atom stereocenters. The molecule has 0 aliphatic carbocycles. The summed E-state index contributed by atoms with van der Waals surface area (Å²) in [6.45, 7) is 3.45. The molecule has 3 rings (SSSR count). The van der Waals surface area contributed by atoms with Crippen molar-refractivity contribution in [2.24, 2.45) is 7.05 Å². The van der Waals surface area contributed by atoms with Crippen molar-refractivity contribution in [3.05, 3.63) is 23.7 Å². The van der Waals surface area contributed by atoms with Gasteiger partial charge in [-0.05, 0) is 6.92 Å². The summed E-state index contributed by atoms with van der Waals surface area (Å²) in [5.41, 5.74) is 2.98. The molecule has 0 radical (unpaired) electrons. The van der Waals surface area contributed by atoms with Gasteiger partial charge in [0.2, 0.25) is 0 Å². The maximum Gasteiger partial charge on any atom is 0.143 e. The van der Waals surface area contributed by atoms with Gasteiger partial charge >= 0.3 is 0 Å². The minimum Gasteiger partial charge on any atom is -0.315 e. The zero-order valence-corrected chi connectivity index (χ0v) is 10.6. The smallest absolute Gasteiger partial charge is 0.143 e. The Hall–Kier alpha value is -1.75. The summed E-state index contributed by atoms with van der Waals surface area (Å²) < 4.78 is 1.85. The average molecular weight is 244 g/mol. The first-order valence-corrected chi connectivity index (χ1v) is 6.19. The maximum absolute atomic E-state index is 12.1. The number of piperidine rings is 1. The zero-order valence-electron chi connectivity index (χ0n) is 10.6. The minimum atomic E-state index is -0.0928. The number of nitrogens with one attached hydrogen (secondary N) is 1. The highest BCUT2D eigenvalue weighted by molar-refractivity contribution is 5.93. The fourth-order valence-corrected chi connectivity index (χ4v) is 2.71. The van der Waals surface area contributed by atoms with Gasteiger partial charge < -0.3 is 5.32 Å². The summed E-state index contributed by atoms with van der Waals surface area (Å²) in [7, 11) is 1.92. The summed E-state index contributed by atoms with van der Waals surface area (Å²) in [5.74, 6) is 0.201. The molecular weight excluding hydrogens is 228 g/mol. The molecule has 3 heterocycles. The van der Waals surface area contributed by atoms with E-state index < -0.39 is 0 Å². The standard InChI is InChI=1S/C13H16N4O/c1-8-9-5-15-7-11(13(9)17(2)16-8)10-6-14-4-3-12(10)18/h5,7,10,14H,3-4,6H2,1-2H3. The fourth-order valence-electron chi connectivity index (χ4n) is 2.71. The Morgan fingerprint density at radius 2 is 2.28 bits per heavy atom. The number of ketones is 1. The van der Waals surface area contributed by atoms with Crippen LogP contribution in [0.15, 0.2) is 12.4 Å². The Balaban J connectivity index is 2.19. The van der Waals surface area contributed by atoms with E-state index in [1.54, 1.807) is 6.20 Å². The third-order valence-electron chi connectivity index (χ3n) is 3.62. The number of aromatic nitrogens is 3.